The molecule has 0 saturated heterocycles. The van der Waals surface area contributed by atoms with Gasteiger partial charge in [-0.2, -0.15) is 0 Å². The number of carbonyl (C=O) groups excluding carboxylic acids is 2. The molecule has 0 aromatic carbocycles. The van der Waals surface area contributed by atoms with E-state index < -0.39 is 0 Å². The quantitative estimate of drug-likeness (QED) is 0.517. The van der Waals surface area contributed by atoms with Crippen molar-refractivity contribution in [2.45, 2.75) is 20.0 Å². The fourth-order valence-corrected chi connectivity index (χ4v) is 0.322. The lowest BCUT2D eigenvalue weighted by Gasteiger charge is -2.10. The van der Waals surface area contributed by atoms with Crippen molar-refractivity contribution in [1.29, 1.82) is 0 Å². The first-order chi connectivity index (χ1) is 4.22. The third kappa shape index (κ3) is 2.85. The fraction of sp³-hybridized carbons (Fsp3) is 0.667. The lowest BCUT2D eigenvalue weighted by molar-refractivity contribution is -0.136. The van der Waals surface area contributed by atoms with Gasteiger partial charge in [-0.25, -0.2) is 0 Å². The molecular formula is C6H10O3. The largest absolute Gasteiger partial charge is 0.464 e. The molecule has 0 aliphatic heterocycles. The van der Waals surface area contributed by atoms with Gasteiger partial charge in [0.15, 0.2) is 0 Å². The van der Waals surface area contributed by atoms with E-state index in [4.69, 9.17) is 0 Å². The zero-order chi connectivity index (χ0) is 7.28. The Morgan fingerprint density at radius 2 is 1.89 bits per heavy atom. The Kier molecular flexibility index (Phi) is 3.67. The van der Waals surface area contributed by atoms with Crippen LogP contribution in [-0.4, -0.2) is 18.9 Å². The van der Waals surface area contributed by atoms with Crippen molar-refractivity contribution in [3.8, 4) is 0 Å². The first-order valence-electron chi connectivity index (χ1n) is 2.76. The summed E-state index contributed by atoms with van der Waals surface area (Å²) in [7, 11) is 0. The highest BCUT2D eigenvalue weighted by atomic mass is 16.5. The zero-order valence-corrected chi connectivity index (χ0v) is 5.53. The molecular weight excluding hydrogens is 120 g/mol. The summed E-state index contributed by atoms with van der Waals surface area (Å²) in [6.45, 7) is 3.72. The molecule has 2 atom stereocenters. The van der Waals surface area contributed by atoms with Gasteiger partial charge in [0.1, 0.15) is 12.4 Å². The first-order valence-corrected chi connectivity index (χ1v) is 2.76. The topological polar surface area (TPSA) is 43.4 Å². The standard InChI is InChI=1S/C6H10O3/c1-5(3-7)6(2)9-4-8/h3-6H,1-2H3/t5-,6+/m1/s1. The maximum absolute atomic E-state index is 10.0. The van der Waals surface area contributed by atoms with E-state index in [-0.39, 0.29) is 12.0 Å². The molecule has 0 heterocycles. The minimum Gasteiger partial charge on any atom is -0.464 e. The molecule has 9 heavy (non-hydrogen) atoms. The van der Waals surface area contributed by atoms with Crippen molar-refractivity contribution in [3.05, 3.63) is 0 Å². The van der Waals surface area contributed by atoms with Gasteiger partial charge in [0, 0.05) is 5.92 Å². The van der Waals surface area contributed by atoms with Crippen LogP contribution in [0.3, 0.4) is 0 Å². The van der Waals surface area contributed by atoms with Gasteiger partial charge in [0.05, 0.1) is 0 Å². The van der Waals surface area contributed by atoms with Crippen molar-refractivity contribution in [2.24, 2.45) is 5.92 Å². The molecule has 0 aromatic rings. The van der Waals surface area contributed by atoms with E-state index >= 15 is 0 Å². The van der Waals surface area contributed by atoms with E-state index in [0.717, 1.165) is 6.29 Å². The van der Waals surface area contributed by atoms with E-state index in [1.807, 2.05) is 0 Å². The Hall–Kier alpha value is -0.860. The van der Waals surface area contributed by atoms with E-state index in [1.54, 1.807) is 13.8 Å². The molecule has 0 spiro atoms. The summed E-state index contributed by atoms with van der Waals surface area (Å²) in [5.74, 6) is -0.213. The highest BCUT2D eigenvalue weighted by molar-refractivity contribution is 5.54. The molecule has 3 nitrogen and oxygen atoms in total. The van der Waals surface area contributed by atoms with Crippen molar-refractivity contribution >= 4 is 12.8 Å². The Bertz CT molecular complexity index is 100. The van der Waals surface area contributed by atoms with E-state index in [1.165, 1.54) is 0 Å². The average molecular weight is 130 g/mol. The zero-order valence-electron chi connectivity index (χ0n) is 5.53. The van der Waals surface area contributed by atoms with Crippen molar-refractivity contribution in [1.82, 2.24) is 0 Å². The number of hydrogen-bond donors (Lipinski definition) is 0. The van der Waals surface area contributed by atoms with Gasteiger partial charge in [-0.3, -0.25) is 4.79 Å². The molecule has 0 saturated carbocycles. The Labute approximate surface area is 54.0 Å². The van der Waals surface area contributed by atoms with Crippen LogP contribution in [0.5, 0.6) is 0 Å². The maximum Gasteiger partial charge on any atom is 0.293 e. The highest BCUT2D eigenvalue weighted by Gasteiger charge is 2.10. The third-order valence-corrected chi connectivity index (χ3v) is 1.23. The highest BCUT2D eigenvalue weighted by Crippen LogP contribution is 2.00. The van der Waals surface area contributed by atoms with Crippen molar-refractivity contribution < 1.29 is 14.3 Å². The first kappa shape index (κ1) is 8.14. The molecule has 3 heteroatoms. The maximum atomic E-state index is 10.0. The van der Waals surface area contributed by atoms with E-state index in [9.17, 15) is 9.59 Å². The predicted molar refractivity (Wildman–Crippen MR) is 31.8 cm³/mol. The van der Waals surface area contributed by atoms with Crippen LogP contribution < -0.4 is 0 Å². The van der Waals surface area contributed by atoms with Gasteiger partial charge >= 0.3 is 0 Å². The molecule has 0 bridgehead atoms. The molecule has 0 rings (SSSR count). The molecule has 0 aliphatic rings. The molecule has 52 valence electrons. The third-order valence-electron chi connectivity index (χ3n) is 1.23. The Morgan fingerprint density at radius 3 is 2.22 bits per heavy atom. The molecule has 0 amide bonds. The summed E-state index contributed by atoms with van der Waals surface area (Å²) in [5, 5.41) is 0. The summed E-state index contributed by atoms with van der Waals surface area (Å²) < 4.78 is 4.48. The summed E-state index contributed by atoms with van der Waals surface area (Å²) in [6, 6.07) is 0. The van der Waals surface area contributed by atoms with Gasteiger partial charge in [-0.15, -0.1) is 0 Å². The number of aldehydes is 1. The second kappa shape index (κ2) is 4.06. The number of hydrogen-bond acceptors (Lipinski definition) is 3. The molecule has 0 fully saturated rings. The second-order valence-electron chi connectivity index (χ2n) is 1.93. The minimum absolute atomic E-state index is 0.213. The number of rotatable bonds is 4. The molecule has 0 aliphatic carbocycles. The van der Waals surface area contributed by atoms with Crippen LogP contribution in [0.4, 0.5) is 0 Å². The summed E-state index contributed by atoms with van der Waals surface area (Å²) >= 11 is 0. The van der Waals surface area contributed by atoms with Crippen LogP contribution in [0.1, 0.15) is 13.8 Å². The van der Waals surface area contributed by atoms with Crippen LogP contribution >= 0.6 is 0 Å². The average Bonchev–Trinajstić information content (AvgIpc) is 1.87. The predicted octanol–water partition coefficient (Wildman–Crippen LogP) is 0.383. The minimum atomic E-state index is -0.306. The van der Waals surface area contributed by atoms with Gasteiger partial charge in [-0.05, 0) is 6.92 Å². The molecule has 0 N–H and O–H groups in total. The summed E-state index contributed by atoms with van der Waals surface area (Å²) in [4.78, 5) is 19.7. The SMILES string of the molecule is C[C@H](C=O)[C@H](C)OC=O. The number of ether oxygens (including phenoxy) is 1. The van der Waals surface area contributed by atoms with Crippen LogP contribution in [0.25, 0.3) is 0 Å². The van der Waals surface area contributed by atoms with Crippen LogP contribution in [0.2, 0.25) is 0 Å². The lowest BCUT2D eigenvalue weighted by Crippen LogP contribution is -2.18. The Morgan fingerprint density at radius 1 is 1.33 bits per heavy atom. The van der Waals surface area contributed by atoms with Gasteiger partial charge < -0.3 is 9.53 Å². The van der Waals surface area contributed by atoms with E-state index in [0.29, 0.717) is 6.47 Å². The fourth-order valence-electron chi connectivity index (χ4n) is 0.322. The van der Waals surface area contributed by atoms with Gasteiger partial charge in [-0.1, -0.05) is 6.92 Å². The van der Waals surface area contributed by atoms with Crippen LogP contribution in [-0.2, 0) is 14.3 Å². The molecule has 0 aromatic heterocycles. The summed E-state index contributed by atoms with van der Waals surface area (Å²) in [6.07, 6.45) is 0.453. The normalized spacial score (nSPS) is 15.8. The second-order valence-corrected chi connectivity index (χ2v) is 1.93. The van der Waals surface area contributed by atoms with Crippen molar-refractivity contribution in [2.75, 3.05) is 0 Å². The Balaban J connectivity index is 3.56. The van der Waals surface area contributed by atoms with Gasteiger partial charge in [0.25, 0.3) is 6.47 Å². The monoisotopic (exact) mass is 130 g/mol. The molecule has 0 radical (unpaired) electrons. The smallest absolute Gasteiger partial charge is 0.293 e. The molecule has 0 unspecified atom stereocenters. The lowest BCUT2D eigenvalue weighted by atomic mass is 10.1. The van der Waals surface area contributed by atoms with Crippen molar-refractivity contribution in [3.63, 3.8) is 0 Å². The van der Waals surface area contributed by atoms with Crippen LogP contribution in [0, 0.1) is 5.92 Å². The van der Waals surface area contributed by atoms with Gasteiger partial charge in [0.2, 0.25) is 0 Å². The van der Waals surface area contributed by atoms with E-state index in [2.05, 4.69) is 4.74 Å². The summed E-state index contributed by atoms with van der Waals surface area (Å²) in [5.41, 5.74) is 0. The number of carbonyl (C=O) groups is 2. The van der Waals surface area contributed by atoms with Crippen LogP contribution in [0.15, 0.2) is 0 Å².